The minimum absolute atomic E-state index is 0.0335. The van der Waals surface area contributed by atoms with Crippen LogP contribution in [0.2, 0.25) is 0 Å². The van der Waals surface area contributed by atoms with E-state index in [4.69, 9.17) is 9.47 Å². The summed E-state index contributed by atoms with van der Waals surface area (Å²) in [5.41, 5.74) is 2.78. The average molecular weight is 455 g/mol. The molecule has 176 valence electrons. The van der Waals surface area contributed by atoms with Gasteiger partial charge in [-0.25, -0.2) is 0 Å². The summed E-state index contributed by atoms with van der Waals surface area (Å²) in [5, 5.41) is 40.0. The first-order valence-corrected chi connectivity index (χ1v) is 10.7. The molecule has 2 aromatic carbocycles. The van der Waals surface area contributed by atoms with Crippen molar-refractivity contribution in [2.45, 2.75) is 39.2 Å². The minimum Gasteiger partial charge on any atom is -0.508 e. The summed E-state index contributed by atoms with van der Waals surface area (Å²) in [7, 11) is 1.42. The number of hydrogen-bond donors (Lipinski definition) is 4. The number of ether oxygens (including phenoxy) is 2. The Bertz CT molecular complexity index is 1100. The lowest BCUT2D eigenvalue weighted by molar-refractivity contribution is 0.0838. The van der Waals surface area contributed by atoms with Gasteiger partial charge in [0, 0.05) is 23.3 Å². The summed E-state index contributed by atoms with van der Waals surface area (Å²) in [5.74, 6) is -0.236. The summed E-state index contributed by atoms with van der Waals surface area (Å²) in [6.45, 7) is 7.75. The van der Waals surface area contributed by atoms with Gasteiger partial charge in [-0.1, -0.05) is 23.8 Å². The van der Waals surface area contributed by atoms with E-state index in [1.54, 1.807) is 0 Å². The highest BCUT2D eigenvalue weighted by Gasteiger charge is 2.35. The van der Waals surface area contributed by atoms with Crippen molar-refractivity contribution in [3.05, 3.63) is 64.8 Å². The lowest BCUT2D eigenvalue weighted by atomic mass is 9.86. The van der Waals surface area contributed by atoms with E-state index in [1.165, 1.54) is 31.4 Å². The number of ketones is 1. The average Bonchev–Trinajstić information content (AvgIpc) is 2.76. The fourth-order valence-electron chi connectivity index (χ4n) is 3.96. The van der Waals surface area contributed by atoms with Crippen LogP contribution in [0.25, 0.3) is 0 Å². The molecule has 0 fully saturated rings. The van der Waals surface area contributed by atoms with Crippen molar-refractivity contribution < 1.29 is 34.7 Å². The van der Waals surface area contributed by atoms with Crippen LogP contribution >= 0.6 is 0 Å². The molecule has 0 aliphatic carbocycles. The summed E-state index contributed by atoms with van der Waals surface area (Å²) < 4.78 is 11.6. The van der Waals surface area contributed by atoms with E-state index in [0.29, 0.717) is 24.0 Å². The number of aromatic hydroxyl groups is 3. The van der Waals surface area contributed by atoms with Gasteiger partial charge < -0.3 is 29.9 Å². The third kappa shape index (κ3) is 5.14. The third-order valence-corrected chi connectivity index (χ3v) is 5.96. The van der Waals surface area contributed by atoms with E-state index < -0.39 is 6.10 Å². The predicted molar refractivity (Wildman–Crippen MR) is 124 cm³/mol. The van der Waals surface area contributed by atoms with Gasteiger partial charge in [0.25, 0.3) is 0 Å². The normalized spacial score (nSPS) is 16.7. The molecule has 0 bridgehead atoms. The monoisotopic (exact) mass is 454 g/mol. The Morgan fingerprint density at radius 3 is 2.58 bits per heavy atom. The van der Waals surface area contributed by atoms with Gasteiger partial charge in [0.15, 0.2) is 5.78 Å². The lowest BCUT2D eigenvalue weighted by Gasteiger charge is -2.30. The number of methoxy groups -OCH3 is 1. The molecule has 1 heterocycles. The molecule has 2 aromatic rings. The van der Waals surface area contributed by atoms with E-state index >= 15 is 0 Å². The van der Waals surface area contributed by atoms with Crippen molar-refractivity contribution >= 4 is 5.78 Å². The van der Waals surface area contributed by atoms with Crippen LogP contribution < -0.4 is 9.47 Å². The van der Waals surface area contributed by atoms with Crippen LogP contribution in [0.1, 0.15) is 54.3 Å². The Kier molecular flexibility index (Phi) is 7.33. The van der Waals surface area contributed by atoms with Crippen LogP contribution in [0.5, 0.6) is 28.7 Å². The molecule has 1 aliphatic heterocycles. The summed E-state index contributed by atoms with van der Waals surface area (Å²) in [4.78, 5) is 13.1. The second kappa shape index (κ2) is 10.0. The maximum Gasteiger partial charge on any atom is 0.174 e. The van der Waals surface area contributed by atoms with Crippen molar-refractivity contribution in [1.82, 2.24) is 0 Å². The highest BCUT2D eigenvalue weighted by atomic mass is 16.5. The maximum absolute atomic E-state index is 13.1. The van der Waals surface area contributed by atoms with Gasteiger partial charge in [-0.15, -0.1) is 0 Å². The molecule has 1 aliphatic rings. The van der Waals surface area contributed by atoms with E-state index in [1.807, 2.05) is 19.9 Å². The van der Waals surface area contributed by atoms with Gasteiger partial charge in [0.05, 0.1) is 20.1 Å². The quantitative estimate of drug-likeness (QED) is 0.431. The van der Waals surface area contributed by atoms with E-state index in [0.717, 1.165) is 11.1 Å². The Morgan fingerprint density at radius 1 is 1.24 bits per heavy atom. The molecule has 0 aromatic heterocycles. The molecule has 0 spiro atoms. The number of aliphatic hydroxyl groups is 1. The molecular weight excluding hydrogens is 424 g/mol. The first-order valence-electron chi connectivity index (χ1n) is 10.7. The van der Waals surface area contributed by atoms with E-state index in [-0.39, 0.29) is 59.0 Å². The molecule has 0 saturated heterocycles. The highest BCUT2D eigenvalue weighted by molar-refractivity contribution is 6.03. The van der Waals surface area contributed by atoms with Crippen LogP contribution in [-0.4, -0.2) is 39.9 Å². The number of phenols is 3. The summed E-state index contributed by atoms with van der Waals surface area (Å²) in [6, 6.07) is 5.52. The first-order chi connectivity index (χ1) is 15.7. The topological polar surface area (TPSA) is 116 Å². The minimum atomic E-state index is -0.796. The van der Waals surface area contributed by atoms with Gasteiger partial charge in [-0.3, -0.25) is 4.79 Å². The first kappa shape index (κ1) is 24.2. The summed E-state index contributed by atoms with van der Waals surface area (Å²) in [6.07, 6.45) is 2.04. The number of carbonyl (C=O) groups excluding carboxylic acids is 1. The predicted octanol–water partition coefficient (Wildman–Crippen LogP) is 4.58. The standard InChI is InChI=1S/C26H30O7/c1-14(2)16(6-5-15(3)13-27)9-19-21(30)11-24(32-4)25-22(31)12-23(33-26(19)25)18-8-7-17(28)10-20(18)29/h5,7-8,10-11,16,23,27-30H,1,6,9,12-13H2,2-4H3/b15-5+/t16?,23-/m0/s1. The van der Waals surface area contributed by atoms with Crippen molar-refractivity contribution in [3.8, 4) is 28.7 Å². The Morgan fingerprint density at radius 2 is 1.97 bits per heavy atom. The van der Waals surface area contributed by atoms with Crippen LogP contribution in [-0.2, 0) is 6.42 Å². The van der Waals surface area contributed by atoms with Crippen LogP contribution in [0.4, 0.5) is 0 Å². The molecule has 2 atom stereocenters. The zero-order valence-electron chi connectivity index (χ0n) is 19.1. The molecule has 0 radical (unpaired) electrons. The van der Waals surface area contributed by atoms with Gasteiger partial charge in [-0.05, 0) is 44.7 Å². The van der Waals surface area contributed by atoms with E-state index in [9.17, 15) is 25.2 Å². The number of carbonyl (C=O) groups is 1. The molecule has 33 heavy (non-hydrogen) atoms. The van der Waals surface area contributed by atoms with E-state index in [2.05, 4.69) is 6.58 Å². The zero-order valence-corrected chi connectivity index (χ0v) is 19.1. The SMILES string of the molecule is C=C(C)C(C/C=C(\C)CO)Cc1c(O)cc(OC)c2c1O[C@H](c1ccc(O)cc1O)CC2=O. The molecule has 7 heteroatoms. The molecule has 7 nitrogen and oxygen atoms in total. The van der Waals surface area contributed by atoms with Crippen molar-refractivity contribution in [2.75, 3.05) is 13.7 Å². The number of benzene rings is 2. The van der Waals surface area contributed by atoms with Crippen LogP contribution in [0.3, 0.4) is 0 Å². The molecule has 0 amide bonds. The Hall–Kier alpha value is -3.45. The lowest BCUT2D eigenvalue weighted by Crippen LogP contribution is -2.23. The molecule has 0 saturated carbocycles. The van der Waals surface area contributed by atoms with Crippen molar-refractivity contribution in [2.24, 2.45) is 5.92 Å². The second-order valence-corrected chi connectivity index (χ2v) is 8.45. The smallest absolute Gasteiger partial charge is 0.174 e. The van der Waals surface area contributed by atoms with Gasteiger partial charge in [0.2, 0.25) is 0 Å². The molecule has 4 N–H and O–H groups in total. The Labute approximate surface area is 193 Å². The summed E-state index contributed by atoms with van der Waals surface area (Å²) >= 11 is 0. The Balaban J connectivity index is 2.07. The van der Waals surface area contributed by atoms with Crippen molar-refractivity contribution in [1.29, 1.82) is 0 Å². The number of phenolic OH excluding ortho intramolecular Hbond substituents is 3. The number of rotatable bonds is 8. The van der Waals surface area contributed by atoms with Crippen molar-refractivity contribution in [3.63, 3.8) is 0 Å². The molecular formula is C26H30O7. The zero-order chi connectivity index (χ0) is 24.3. The third-order valence-electron chi connectivity index (χ3n) is 5.96. The number of aliphatic hydroxyl groups excluding tert-OH is 1. The highest BCUT2D eigenvalue weighted by Crippen LogP contribution is 2.48. The van der Waals surface area contributed by atoms with Gasteiger partial charge in [0.1, 0.15) is 40.4 Å². The van der Waals surface area contributed by atoms with Crippen LogP contribution in [0, 0.1) is 5.92 Å². The van der Waals surface area contributed by atoms with Gasteiger partial charge >= 0.3 is 0 Å². The molecule has 3 rings (SSSR count). The largest absolute Gasteiger partial charge is 0.508 e. The number of hydrogen-bond acceptors (Lipinski definition) is 7. The van der Waals surface area contributed by atoms with Crippen LogP contribution in [0.15, 0.2) is 48.1 Å². The maximum atomic E-state index is 13.1. The number of allylic oxidation sites excluding steroid dienone is 2. The van der Waals surface area contributed by atoms with Gasteiger partial charge in [-0.2, -0.15) is 0 Å². The number of Topliss-reactive ketones (excluding diaryl/α,β-unsaturated/α-hetero) is 1. The second-order valence-electron chi connectivity index (χ2n) is 8.45. The fraction of sp³-hybridized carbons (Fsp3) is 0.346. The molecule has 1 unspecified atom stereocenters. The number of fused-ring (bicyclic) bond motifs is 1. The fourth-order valence-corrected chi connectivity index (χ4v) is 3.96.